The molecule has 1 aliphatic heterocycles. The van der Waals surface area contributed by atoms with E-state index in [9.17, 15) is 13.6 Å². The van der Waals surface area contributed by atoms with Gasteiger partial charge in [0.15, 0.2) is 11.6 Å². The van der Waals surface area contributed by atoms with Gasteiger partial charge < -0.3 is 10.1 Å². The molecule has 0 spiro atoms. The molecule has 1 N–H and O–H groups in total. The lowest BCUT2D eigenvalue weighted by Gasteiger charge is -2.37. The molecule has 3 rings (SSSR count). The number of nitrogens with one attached hydrogen (secondary N) is 1. The Bertz CT molecular complexity index is 831. The van der Waals surface area contributed by atoms with Gasteiger partial charge in [-0.25, -0.2) is 8.78 Å². The maximum absolute atomic E-state index is 13.6. The average molecular weight is 387 g/mol. The maximum atomic E-state index is 13.6. The molecule has 1 atom stereocenters. The first-order chi connectivity index (χ1) is 13.4. The molecule has 0 aromatic heterocycles. The summed E-state index contributed by atoms with van der Waals surface area (Å²) in [5.74, 6) is -1.65. The van der Waals surface area contributed by atoms with Crippen molar-refractivity contribution in [3.63, 3.8) is 0 Å². The van der Waals surface area contributed by atoms with Gasteiger partial charge in [-0.15, -0.1) is 0 Å². The van der Waals surface area contributed by atoms with Gasteiger partial charge in [-0.2, -0.15) is 0 Å². The second-order valence-corrected chi connectivity index (χ2v) is 7.68. The van der Waals surface area contributed by atoms with E-state index in [2.05, 4.69) is 5.32 Å². The summed E-state index contributed by atoms with van der Waals surface area (Å²) >= 11 is 0. The third kappa shape index (κ3) is 4.58. The van der Waals surface area contributed by atoms with Crippen molar-refractivity contribution in [2.75, 3.05) is 13.2 Å². The van der Waals surface area contributed by atoms with Crippen LogP contribution in [0.4, 0.5) is 8.78 Å². The van der Waals surface area contributed by atoms with E-state index in [-0.39, 0.29) is 11.9 Å². The molecule has 2 aromatic carbocycles. The van der Waals surface area contributed by atoms with Gasteiger partial charge in [0, 0.05) is 19.3 Å². The van der Waals surface area contributed by atoms with E-state index in [0.717, 1.165) is 23.6 Å². The van der Waals surface area contributed by atoms with Crippen molar-refractivity contribution in [1.82, 2.24) is 5.32 Å². The molecule has 150 valence electrons. The first kappa shape index (κ1) is 20.5. The summed E-state index contributed by atoms with van der Waals surface area (Å²) in [6.07, 6.45) is 2.81. The number of hydrogen-bond acceptors (Lipinski definition) is 2. The molecular formula is C23H27F2NO2. The fraction of sp³-hybridized carbons (Fsp3) is 0.435. The van der Waals surface area contributed by atoms with Crippen LogP contribution in [0.2, 0.25) is 0 Å². The minimum Gasteiger partial charge on any atom is -0.381 e. The Kier molecular flexibility index (Phi) is 6.45. The highest BCUT2D eigenvalue weighted by Crippen LogP contribution is 2.36. The Labute approximate surface area is 165 Å². The van der Waals surface area contributed by atoms with E-state index in [4.69, 9.17) is 4.74 Å². The summed E-state index contributed by atoms with van der Waals surface area (Å²) in [7, 11) is 0. The van der Waals surface area contributed by atoms with Crippen LogP contribution in [-0.2, 0) is 16.0 Å². The molecule has 0 saturated carbocycles. The standard InChI is InChI=1S/C23H27F2NO2/c1-3-16(2)26-22(27)23(9-11-28-12-10-23)15-17-5-4-6-18(13-17)19-7-8-20(24)21(25)14-19/h4-8,13-14,16H,3,9-12,15H2,1-2H3,(H,26,27)/t16-/m0/s1. The number of benzene rings is 2. The molecule has 1 saturated heterocycles. The number of carbonyl (C=O) groups excluding carboxylic acids is 1. The number of amides is 1. The number of carbonyl (C=O) groups is 1. The zero-order chi connectivity index (χ0) is 20.1. The lowest BCUT2D eigenvalue weighted by Crippen LogP contribution is -2.48. The summed E-state index contributed by atoms with van der Waals surface area (Å²) in [5.41, 5.74) is 1.92. The van der Waals surface area contributed by atoms with Crippen molar-refractivity contribution < 1.29 is 18.3 Å². The van der Waals surface area contributed by atoms with Crippen LogP contribution in [0, 0.1) is 17.0 Å². The van der Waals surface area contributed by atoms with Crippen LogP contribution in [0.5, 0.6) is 0 Å². The molecule has 1 heterocycles. The van der Waals surface area contributed by atoms with Gasteiger partial charge in [-0.1, -0.05) is 37.3 Å². The van der Waals surface area contributed by atoms with Gasteiger partial charge in [-0.3, -0.25) is 4.79 Å². The summed E-state index contributed by atoms with van der Waals surface area (Å²) < 4.78 is 32.4. The van der Waals surface area contributed by atoms with Crippen LogP contribution >= 0.6 is 0 Å². The average Bonchev–Trinajstić information content (AvgIpc) is 2.70. The van der Waals surface area contributed by atoms with Crippen molar-refractivity contribution in [2.45, 2.75) is 45.6 Å². The SMILES string of the molecule is CC[C@H](C)NC(=O)C1(Cc2cccc(-c3ccc(F)c(F)c3)c2)CCOCC1. The highest BCUT2D eigenvalue weighted by molar-refractivity contribution is 5.83. The molecule has 28 heavy (non-hydrogen) atoms. The molecule has 5 heteroatoms. The number of hydrogen-bond donors (Lipinski definition) is 1. The van der Waals surface area contributed by atoms with Crippen LogP contribution in [0.1, 0.15) is 38.7 Å². The Balaban J connectivity index is 1.87. The smallest absolute Gasteiger partial charge is 0.226 e. The maximum Gasteiger partial charge on any atom is 0.226 e. The van der Waals surface area contributed by atoms with E-state index in [1.807, 2.05) is 38.1 Å². The molecule has 2 aromatic rings. The van der Waals surface area contributed by atoms with Gasteiger partial charge >= 0.3 is 0 Å². The fourth-order valence-corrected chi connectivity index (χ4v) is 3.65. The fourth-order valence-electron chi connectivity index (χ4n) is 3.65. The first-order valence-electron chi connectivity index (χ1n) is 9.86. The zero-order valence-electron chi connectivity index (χ0n) is 16.4. The molecule has 1 fully saturated rings. The van der Waals surface area contributed by atoms with Crippen LogP contribution in [0.3, 0.4) is 0 Å². The highest BCUT2D eigenvalue weighted by Gasteiger charge is 2.40. The molecular weight excluding hydrogens is 360 g/mol. The van der Waals surface area contributed by atoms with Crippen molar-refractivity contribution in [2.24, 2.45) is 5.41 Å². The summed E-state index contributed by atoms with van der Waals surface area (Å²) in [5, 5.41) is 3.13. The van der Waals surface area contributed by atoms with Crippen LogP contribution in [-0.4, -0.2) is 25.2 Å². The molecule has 3 nitrogen and oxygen atoms in total. The third-order valence-electron chi connectivity index (χ3n) is 5.64. The second kappa shape index (κ2) is 8.82. The van der Waals surface area contributed by atoms with Gasteiger partial charge in [0.1, 0.15) is 0 Å². The Hall–Kier alpha value is -2.27. The summed E-state index contributed by atoms with van der Waals surface area (Å²) in [6.45, 7) is 5.19. The molecule has 0 unspecified atom stereocenters. The summed E-state index contributed by atoms with van der Waals surface area (Å²) in [6, 6.07) is 11.7. The number of halogens is 2. The van der Waals surface area contributed by atoms with Crippen molar-refractivity contribution >= 4 is 5.91 Å². The van der Waals surface area contributed by atoms with Crippen molar-refractivity contribution in [3.8, 4) is 11.1 Å². The molecule has 0 bridgehead atoms. The number of rotatable bonds is 6. The summed E-state index contributed by atoms with van der Waals surface area (Å²) in [4.78, 5) is 13.1. The molecule has 1 aliphatic rings. The van der Waals surface area contributed by atoms with Gasteiger partial charge in [0.2, 0.25) is 5.91 Å². The molecule has 1 amide bonds. The topological polar surface area (TPSA) is 38.3 Å². The van der Waals surface area contributed by atoms with Crippen LogP contribution in [0.15, 0.2) is 42.5 Å². The second-order valence-electron chi connectivity index (χ2n) is 7.68. The van der Waals surface area contributed by atoms with E-state index in [1.54, 1.807) is 6.07 Å². The Morgan fingerprint density at radius 1 is 1.11 bits per heavy atom. The highest BCUT2D eigenvalue weighted by atomic mass is 19.2. The largest absolute Gasteiger partial charge is 0.381 e. The predicted molar refractivity (Wildman–Crippen MR) is 106 cm³/mol. The van der Waals surface area contributed by atoms with E-state index in [0.29, 0.717) is 38.0 Å². The molecule has 0 aliphatic carbocycles. The first-order valence-corrected chi connectivity index (χ1v) is 9.86. The minimum absolute atomic E-state index is 0.0726. The number of ether oxygens (including phenoxy) is 1. The van der Waals surface area contributed by atoms with E-state index in [1.165, 1.54) is 6.07 Å². The van der Waals surface area contributed by atoms with Gasteiger partial charge in [-0.05, 0) is 61.4 Å². The minimum atomic E-state index is -0.864. The van der Waals surface area contributed by atoms with Crippen LogP contribution < -0.4 is 5.32 Å². The van der Waals surface area contributed by atoms with Crippen molar-refractivity contribution in [3.05, 3.63) is 59.7 Å². The van der Waals surface area contributed by atoms with Gasteiger partial charge in [0.25, 0.3) is 0 Å². The lowest BCUT2D eigenvalue weighted by atomic mass is 9.74. The monoisotopic (exact) mass is 387 g/mol. The quantitative estimate of drug-likeness (QED) is 0.767. The lowest BCUT2D eigenvalue weighted by molar-refractivity contribution is -0.137. The molecule has 0 radical (unpaired) electrons. The zero-order valence-corrected chi connectivity index (χ0v) is 16.4. The van der Waals surface area contributed by atoms with Crippen molar-refractivity contribution in [1.29, 1.82) is 0 Å². The normalized spacial score (nSPS) is 17.1. The van der Waals surface area contributed by atoms with E-state index >= 15 is 0 Å². The Morgan fingerprint density at radius 2 is 1.82 bits per heavy atom. The third-order valence-corrected chi connectivity index (χ3v) is 5.64. The van der Waals surface area contributed by atoms with Crippen LogP contribution in [0.25, 0.3) is 11.1 Å². The predicted octanol–water partition coefficient (Wildman–Crippen LogP) is 4.89. The Morgan fingerprint density at radius 3 is 2.50 bits per heavy atom. The van der Waals surface area contributed by atoms with E-state index < -0.39 is 17.0 Å². The van der Waals surface area contributed by atoms with Gasteiger partial charge in [0.05, 0.1) is 5.41 Å².